The number of ether oxygens (including phenoxy) is 2. The molecular weight excluding hydrogens is 392 g/mol. The molecule has 0 aliphatic heterocycles. The van der Waals surface area contributed by atoms with Crippen molar-refractivity contribution in [2.24, 2.45) is 0 Å². The van der Waals surface area contributed by atoms with E-state index < -0.39 is 18.0 Å². The zero-order valence-electron chi connectivity index (χ0n) is 17.2. The van der Waals surface area contributed by atoms with Crippen molar-refractivity contribution < 1.29 is 19.1 Å². The highest BCUT2D eigenvalue weighted by Crippen LogP contribution is 2.30. The van der Waals surface area contributed by atoms with Crippen molar-refractivity contribution in [2.45, 2.75) is 77.9 Å². The fraction of sp³-hybridized carbons (Fsp3) is 0.619. The maximum absolute atomic E-state index is 13.1. The van der Waals surface area contributed by atoms with Crippen molar-refractivity contribution in [1.82, 2.24) is 9.55 Å². The second-order valence-electron chi connectivity index (χ2n) is 7.45. The van der Waals surface area contributed by atoms with Crippen LogP contribution < -0.4 is 5.56 Å². The van der Waals surface area contributed by atoms with Gasteiger partial charge in [-0.05, 0) is 51.0 Å². The number of carbonyl (C=O) groups excluding carboxylic acids is 2. The van der Waals surface area contributed by atoms with Gasteiger partial charge in [0.2, 0.25) is 0 Å². The fourth-order valence-corrected chi connectivity index (χ4v) is 4.74. The Labute approximate surface area is 174 Å². The van der Waals surface area contributed by atoms with Crippen LogP contribution in [0.5, 0.6) is 0 Å². The van der Waals surface area contributed by atoms with Crippen molar-refractivity contribution in [3.8, 4) is 0 Å². The lowest BCUT2D eigenvalue weighted by molar-refractivity contribution is -0.147. The molecule has 0 saturated heterocycles. The van der Waals surface area contributed by atoms with E-state index in [1.165, 1.54) is 28.7 Å². The van der Waals surface area contributed by atoms with Crippen LogP contribution in [0, 0.1) is 6.92 Å². The van der Waals surface area contributed by atoms with Gasteiger partial charge in [-0.15, -0.1) is 11.3 Å². The number of hydrogen-bond donors (Lipinski definition) is 0. The van der Waals surface area contributed by atoms with Gasteiger partial charge in [0.1, 0.15) is 21.9 Å². The third-order valence-electron chi connectivity index (χ3n) is 5.33. The monoisotopic (exact) mass is 420 g/mol. The van der Waals surface area contributed by atoms with Gasteiger partial charge in [0, 0.05) is 0 Å². The van der Waals surface area contributed by atoms with Crippen LogP contribution in [-0.2, 0) is 14.3 Å². The number of nitrogens with zero attached hydrogens (tertiary/aromatic N) is 2. The Kier molecular flexibility index (Phi) is 7.05. The van der Waals surface area contributed by atoms with Crippen LogP contribution in [0.2, 0.25) is 0 Å². The SMILES string of the molecule is CCCOC(=O)C(CC)n1cnc2sc(C(=O)OC3CCCCC3)c(C)c2c1=O. The first-order valence-corrected chi connectivity index (χ1v) is 11.2. The van der Waals surface area contributed by atoms with Crippen molar-refractivity contribution in [3.63, 3.8) is 0 Å². The molecule has 0 amide bonds. The second-order valence-corrected chi connectivity index (χ2v) is 8.45. The lowest BCUT2D eigenvalue weighted by atomic mass is 9.98. The van der Waals surface area contributed by atoms with Gasteiger partial charge in [-0.2, -0.15) is 0 Å². The Morgan fingerprint density at radius 1 is 1.28 bits per heavy atom. The molecule has 1 saturated carbocycles. The molecule has 0 bridgehead atoms. The molecule has 2 heterocycles. The quantitative estimate of drug-likeness (QED) is 0.625. The number of aromatic nitrogens is 2. The second kappa shape index (κ2) is 9.52. The number of aryl methyl sites for hydroxylation is 1. The Balaban J connectivity index is 1.91. The largest absolute Gasteiger partial charge is 0.464 e. The van der Waals surface area contributed by atoms with Gasteiger partial charge in [0.25, 0.3) is 5.56 Å². The fourth-order valence-electron chi connectivity index (χ4n) is 3.72. The highest BCUT2D eigenvalue weighted by Gasteiger charge is 2.27. The van der Waals surface area contributed by atoms with Crippen LogP contribution >= 0.6 is 11.3 Å². The minimum atomic E-state index is -0.733. The topological polar surface area (TPSA) is 87.5 Å². The van der Waals surface area contributed by atoms with Gasteiger partial charge in [0.15, 0.2) is 0 Å². The third-order valence-corrected chi connectivity index (χ3v) is 6.51. The van der Waals surface area contributed by atoms with Gasteiger partial charge < -0.3 is 9.47 Å². The Morgan fingerprint density at radius 3 is 2.66 bits per heavy atom. The molecule has 0 radical (unpaired) electrons. The molecule has 3 rings (SSSR count). The molecule has 0 aromatic carbocycles. The van der Waals surface area contributed by atoms with Crippen LogP contribution in [0.3, 0.4) is 0 Å². The summed E-state index contributed by atoms with van der Waals surface area (Å²) < 4.78 is 12.2. The first-order valence-electron chi connectivity index (χ1n) is 10.4. The standard InChI is InChI=1S/C21H28N2O5S/c1-4-11-27-20(25)15(5-2)23-12-22-18-16(19(23)24)13(3)17(29-18)21(26)28-14-9-7-6-8-10-14/h12,14-15H,4-11H2,1-3H3. The first kappa shape index (κ1) is 21.5. The van der Waals surface area contributed by atoms with Gasteiger partial charge in [0.05, 0.1) is 18.3 Å². The van der Waals surface area contributed by atoms with E-state index in [4.69, 9.17) is 9.47 Å². The Bertz CT molecular complexity index is 942. The normalized spacial score (nSPS) is 16.0. The van der Waals surface area contributed by atoms with Crippen LogP contribution in [0.15, 0.2) is 11.1 Å². The lowest BCUT2D eigenvalue weighted by Gasteiger charge is -2.21. The summed E-state index contributed by atoms with van der Waals surface area (Å²) in [5.41, 5.74) is 0.232. The van der Waals surface area contributed by atoms with E-state index in [0.717, 1.165) is 25.7 Å². The van der Waals surface area contributed by atoms with Crippen molar-refractivity contribution >= 4 is 33.5 Å². The number of esters is 2. The van der Waals surface area contributed by atoms with E-state index in [1.54, 1.807) is 6.92 Å². The van der Waals surface area contributed by atoms with Crippen LogP contribution in [0.25, 0.3) is 10.2 Å². The summed E-state index contributed by atoms with van der Waals surface area (Å²) in [5, 5.41) is 0.370. The van der Waals surface area contributed by atoms with E-state index in [2.05, 4.69) is 4.98 Å². The smallest absolute Gasteiger partial charge is 0.348 e. The summed E-state index contributed by atoms with van der Waals surface area (Å²) in [5.74, 6) is -0.833. The average molecular weight is 421 g/mol. The summed E-state index contributed by atoms with van der Waals surface area (Å²) in [7, 11) is 0. The molecule has 0 N–H and O–H groups in total. The van der Waals surface area contributed by atoms with E-state index in [0.29, 0.717) is 40.1 Å². The van der Waals surface area contributed by atoms with Crippen LogP contribution in [-0.4, -0.2) is 34.2 Å². The predicted octanol–water partition coefficient (Wildman–Crippen LogP) is 4.16. The summed E-state index contributed by atoms with van der Waals surface area (Å²) in [4.78, 5) is 43.4. The Morgan fingerprint density at radius 2 is 2.00 bits per heavy atom. The molecule has 2 aromatic heterocycles. The third kappa shape index (κ3) is 4.52. The van der Waals surface area contributed by atoms with Crippen LogP contribution in [0.4, 0.5) is 0 Å². The van der Waals surface area contributed by atoms with E-state index >= 15 is 0 Å². The maximum Gasteiger partial charge on any atom is 0.348 e. The van der Waals surface area contributed by atoms with Crippen molar-refractivity contribution in [1.29, 1.82) is 0 Å². The predicted molar refractivity (Wildman–Crippen MR) is 111 cm³/mol. The summed E-state index contributed by atoms with van der Waals surface area (Å²) in [6.45, 7) is 5.78. The molecule has 7 nitrogen and oxygen atoms in total. The molecule has 2 aromatic rings. The molecule has 1 unspecified atom stereocenters. The van der Waals surface area contributed by atoms with E-state index in [-0.39, 0.29) is 11.7 Å². The minimum absolute atomic E-state index is 0.0525. The highest BCUT2D eigenvalue weighted by atomic mass is 32.1. The summed E-state index contributed by atoms with van der Waals surface area (Å²) in [6.07, 6.45) is 7.54. The van der Waals surface area contributed by atoms with Crippen molar-refractivity contribution in [2.75, 3.05) is 6.61 Å². The molecule has 1 fully saturated rings. The van der Waals surface area contributed by atoms with Crippen molar-refractivity contribution in [3.05, 3.63) is 27.1 Å². The number of hydrogen-bond acceptors (Lipinski definition) is 7. The summed E-state index contributed by atoms with van der Waals surface area (Å²) in [6, 6.07) is -0.733. The summed E-state index contributed by atoms with van der Waals surface area (Å²) >= 11 is 1.17. The number of thiophene rings is 1. The molecular formula is C21H28N2O5S. The molecule has 8 heteroatoms. The zero-order chi connectivity index (χ0) is 21.0. The average Bonchev–Trinajstić information content (AvgIpc) is 3.06. The highest BCUT2D eigenvalue weighted by molar-refractivity contribution is 7.20. The van der Waals surface area contributed by atoms with E-state index in [1.807, 2.05) is 13.8 Å². The molecule has 29 heavy (non-hydrogen) atoms. The molecule has 1 aliphatic carbocycles. The van der Waals surface area contributed by atoms with Gasteiger partial charge >= 0.3 is 11.9 Å². The van der Waals surface area contributed by atoms with Gasteiger partial charge in [-0.25, -0.2) is 14.6 Å². The number of fused-ring (bicyclic) bond motifs is 1. The van der Waals surface area contributed by atoms with E-state index in [9.17, 15) is 14.4 Å². The maximum atomic E-state index is 13.1. The Hall–Kier alpha value is -2.22. The molecule has 1 aliphatic rings. The van der Waals surface area contributed by atoms with Crippen LogP contribution in [0.1, 0.15) is 80.1 Å². The molecule has 158 valence electrons. The van der Waals surface area contributed by atoms with Gasteiger partial charge in [-0.3, -0.25) is 9.36 Å². The minimum Gasteiger partial charge on any atom is -0.464 e. The number of carbonyl (C=O) groups is 2. The lowest BCUT2D eigenvalue weighted by Crippen LogP contribution is -2.31. The molecule has 0 spiro atoms. The molecule has 1 atom stereocenters. The first-order chi connectivity index (χ1) is 14.0. The zero-order valence-corrected chi connectivity index (χ0v) is 18.0. The van der Waals surface area contributed by atoms with Gasteiger partial charge in [-0.1, -0.05) is 20.3 Å². The number of rotatable bonds is 7.